The van der Waals surface area contributed by atoms with Gasteiger partial charge in [0.25, 0.3) is 0 Å². The fourth-order valence-corrected chi connectivity index (χ4v) is 4.01. The van der Waals surface area contributed by atoms with E-state index >= 15 is 0 Å². The molecule has 2 aliphatic rings. The molecule has 26 heavy (non-hydrogen) atoms. The first-order valence-corrected chi connectivity index (χ1v) is 10.8. The van der Waals surface area contributed by atoms with E-state index in [1.807, 2.05) is 0 Å². The molecule has 2 atom stereocenters. The third-order valence-electron chi connectivity index (χ3n) is 4.63. The van der Waals surface area contributed by atoms with Gasteiger partial charge in [0.05, 0.1) is 25.1 Å². The summed E-state index contributed by atoms with van der Waals surface area (Å²) in [5.74, 6) is -1.23. The number of aliphatic carboxylic acids is 1. The van der Waals surface area contributed by atoms with Crippen LogP contribution in [0.2, 0.25) is 0 Å². The molecule has 0 spiro atoms. The Morgan fingerprint density at radius 1 is 1.19 bits per heavy atom. The molecule has 2 unspecified atom stereocenters. The molecular weight excluding hydrogens is 364 g/mol. The van der Waals surface area contributed by atoms with Gasteiger partial charge < -0.3 is 19.5 Å². The predicted octanol–water partition coefficient (Wildman–Crippen LogP) is -0.0907. The van der Waals surface area contributed by atoms with E-state index in [0.717, 1.165) is 36.4 Å². The highest BCUT2D eigenvalue weighted by molar-refractivity contribution is 7.88. The summed E-state index contributed by atoms with van der Waals surface area (Å²) in [6.07, 6.45) is 4.83. The Balaban J connectivity index is 1.84. The summed E-state index contributed by atoms with van der Waals surface area (Å²) in [4.78, 5) is 25.0. The van der Waals surface area contributed by atoms with Crippen LogP contribution in [0.1, 0.15) is 32.1 Å². The lowest BCUT2D eigenvalue weighted by molar-refractivity contribution is -0.142. The van der Waals surface area contributed by atoms with Gasteiger partial charge in [0, 0.05) is 32.7 Å². The van der Waals surface area contributed by atoms with Gasteiger partial charge in [0.2, 0.25) is 15.9 Å². The fourth-order valence-electron chi connectivity index (χ4n) is 3.23. The van der Waals surface area contributed by atoms with Gasteiger partial charge in [-0.3, -0.25) is 9.59 Å². The summed E-state index contributed by atoms with van der Waals surface area (Å²) >= 11 is 0. The van der Waals surface area contributed by atoms with E-state index in [4.69, 9.17) is 14.6 Å². The first-order valence-electron chi connectivity index (χ1n) is 8.93. The van der Waals surface area contributed by atoms with Gasteiger partial charge in [-0.2, -0.15) is 4.31 Å². The van der Waals surface area contributed by atoms with Gasteiger partial charge in [0.1, 0.15) is 6.54 Å². The number of amides is 1. The predicted molar refractivity (Wildman–Crippen MR) is 93.2 cm³/mol. The van der Waals surface area contributed by atoms with Crippen LogP contribution in [0.3, 0.4) is 0 Å². The van der Waals surface area contributed by atoms with Crippen molar-refractivity contribution in [1.82, 2.24) is 9.21 Å². The average molecular weight is 392 g/mol. The molecule has 1 N–H and O–H groups in total. The van der Waals surface area contributed by atoms with Crippen molar-refractivity contribution in [3.63, 3.8) is 0 Å². The normalized spacial score (nSPS) is 24.6. The quantitative estimate of drug-likeness (QED) is 0.614. The molecule has 10 heteroatoms. The minimum atomic E-state index is -3.67. The number of nitrogens with zero attached hydrogens (tertiary/aromatic N) is 2. The number of hydrogen-bond acceptors (Lipinski definition) is 6. The molecule has 0 aromatic heterocycles. The van der Waals surface area contributed by atoms with Crippen LogP contribution in [-0.2, 0) is 29.1 Å². The molecule has 2 aliphatic heterocycles. The molecule has 9 nitrogen and oxygen atoms in total. The number of carbonyl (C=O) groups excluding carboxylic acids is 1. The molecule has 0 aromatic rings. The molecule has 2 heterocycles. The van der Waals surface area contributed by atoms with Crippen molar-refractivity contribution in [3.8, 4) is 0 Å². The highest BCUT2D eigenvalue weighted by atomic mass is 32.2. The van der Waals surface area contributed by atoms with E-state index in [1.54, 1.807) is 4.90 Å². The molecule has 0 bridgehead atoms. The van der Waals surface area contributed by atoms with E-state index < -0.39 is 28.6 Å². The maximum Gasteiger partial charge on any atom is 0.318 e. The minimum absolute atomic E-state index is 0.00314. The number of hydrogen-bond donors (Lipinski definition) is 1. The van der Waals surface area contributed by atoms with Crippen molar-refractivity contribution in [2.75, 3.05) is 45.6 Å². The van der Waals surface area contributed by atoms with Gasteiger partial charge >= 0.3 is 5.97 Å². The summed E-state index contributed by atoms with van der Waals surface area (Å²) in [7, 11) is -3.67. The van der Waals surface area contributed by atoms with Crippen molar-refractivity contribution >= 4 is 21.9 Å². The zero-order chi connectivity index (χ0) is 19.2. The number of rotatable bonds is 8. The number of sulfonamides is 1. The second-order valence-electron chi connectivity index (χ2n) is 6.81. The average Bonchev–Trinajstić information content (AvgIpc) is 2.59. The van der Waals surface area contributed by atoms with Crippen LogP contribution in [0, 0.1) is 0 Å². The van der Waals surface area contributed by atoms with Crippen LogP contribution in [0.25, 0.3) is 0 Å². The monoisotopic (exact) mass is 392 g/mol. The molecule has 0 aliphatic carbocycles. The van der Waals surface area contributed by atoms with Crippen LogP contribution >= 0.6 is 0 Å². The Hall–Kier alpha value is -1.23. The summed E-state index contributed by atoms with van der Waals surface area (Å²) < 4.78 is 35.5. The smallest absolute Gasteiger partial charge is 0.318 e. The lowest BCUT2D eigenvalue weighted by atomic mass is 10.0. The molecule has 0 aromatic carbocycles. The molecule has 2 rings (SSSR count). The molecule has 2 saturated heterocycles. The molecule has 150 valence electrons. The van der Waals surface area contributed by atoms with Crippen LogP contribution < -0.4 is 0 Å². The molecule has 1 amide bonds. The second kappa shape index (κ2) is 9.63. The Bertz CT molecular complexity index is 589. The fraction of sp³-hybridized carbons (Fsp3) is 0.875. The van der Waals surface area contributed by atoms with Crippen LogP contribution in [0.4, 0.5) is 0 Å². The summed E-state index contributed by atoms with van der Waals surface area (Å²) in [6.45, 7) is 1.07. The highest BCUT2D eigenvalue weighted by Gasteiger charge is 2.30. The summed E-state index contributed by atoms with van der Waals surface area (Å²) in [6, 6.07) is 0. The molecular formula is C16H28N2O7S. The van der Waals surface area contributed by atoms with E-state index in [0.29, 0.717) is 26.0 Å². The number of carboxylic acid groups (broad SMARTS) is 1. The Morgan fingerprint density at radius 2 is 1.92 bits per heavy atom. The minimum Gasteiger partial charge on any atom is -0.480 e. The second-order valence-corrected chi connectivity index (χ2v) is 8.79. The largest absolute Gasteiger partial charge is 0.480 e. The Morgan fingerprint density at radius 3 is 2.54 bits per heavy atom. The maximum absolute atomic E-state index is 12.4. The van der Waals surface area contributed by atoms with Gasteiger partial charge in [0.15, 0.2) is 0 Å². The van der Waals surface area contributed by atoms with E-state index in [1.165, 1.54) is 0 Å². The zero-order valence-electron chi connectivity index (χ0n) is 15.1. The van der Waals surface area contributed by atoms with Crippen LogP contribution in [0.15, 0.2) is 0 Å². The molecule has 0 radical (unpaired) electrons. The third-order valence-corrected chi connectivity index (χ3v) is 5.85. The number of ether oxygens (including phenoxy) is 2. The van der Waals surface area contributed by atoms with Crippen molar-refractivity contribution < 1.29 is 32.6 Å². The standard InChI is InChI=1S/C16H28N2O7S/c1-26(22,23)18(12-16(20)21)11-14-10-17(7-9-25-14)15(19)6-5-13-4-2-3-8-24-13/h13-14H,2-12H2,1H3,(H,20,21). The number of carboxylic acids is 1. The maximum atomic E-state index is 12.4. The third kappa shape index (κ3) is 6.82. The van der Waals surface area contributed by atoms with E-state index in [9.17, 15) is 18.0 Å². The summed E-state index contributed by atoms with van der Waals surface area (Å²) in [5, 5.41) is 8.89. The van der Waals surface area contributed by atoms with Gasteiger partial charge in [-0.25, -0.2) is 8.42 Å². The van der Waals surface area contributed by atoms with Crippen molar-refractivity contribution in [2.45, 2.75) is 44.3 Å². The lowest BCUT2D eigenvalue weighted by Crippen LogP contribution is -2.51. The highest BCUT2D eigenvalue weighted by Crippen LogP contribution is 2.18. The Labute approximate surface area is 154 Å². The summed E-state index contributed by atoms with van der Waals surface area (Å²) in [5.41, 5.74) is 0. The number of carbonyl (C=O) groups is 2. The Kier molecular flexibility index (Phi) is 7.81. The van der Waals surface area contributed by atoms with Crippen LogP contribution in [0.5, 0.6) is 0 Å². The van der Waals surface area contributed by atoms with Gasteiger partial charge in [-0.05, 0) is 25.7 Å². The van der Waals surface area contributed by atoms with Gasteiger partial charge in [-0.15, -0.1) is 0 Å². The van der Waals surface area contributed by atoms with E-state index in [2.05, 4.69) is 0 Å². The number of morpholine rings is 1. The topological polar surface area (TPSA) is 113 Å². The van der Waals surface area contributed by atoms with Crippen molar-refractivity contribution in [1.29, 1.82) is 0 Å². The molecule has 2 fully saturated rings. The van der Waals surface area contributed by atoms with E-state index in [-0.39, 0.29) is 25.1 Å². The van der Waals surface area contributed by atoms with Crippen LogP contribution in [-0.4, -0.2) is 92.5 Å². The van der Waals surface area contributed by atoms with Crippen molar-refractivity contribution in [2.24, 2.45) is 0 Å². The SMILES string of the molecule is CS(=O)(=O)N(CC(=O)O)CC1CN(C(=O)CCC2CCCCO2)CCO1. The molecule has 0 saturated carbocycles. The van der Waals surface area contributed by atoms with Crippen molar-refractivity contribution in [3.05, 3.63) is 0 Å². The lowest BCUT2D eigenvalue weighted by Gasteiger charge is -2.35. The zero-order valence-corrected chi connectivity index (χ0v) is 15.9. The first kappa shape index (κ1) is 21.1. The van der Waals surface area contributed by atoms with Gasteiger partial charge in [-0.1, -0.05) is 0 Å². The first-order chi connectivity index (χ1) is 12.3.